The van der Waals surface area contributed by atoms with Gasteiger partial charge in [-0.05, 0) is 0 Å². The summed E-state index contributed by atoms with van der Waals surface area (Å²) >= 11 is 3.46. The Morgan fingerprint density at radius 3 is 3.00 bits per heavy atom. The molecule has 0 radical (unpaired) electrons. The van der Waals surface area contributed by atoms with Crippen LogP contribution in [0.1, 0.15) is 0 Å². The molecule has 1 heterocycles. The third-order valence-electron chi connectivity index (χ3n) is 1.32. The Bertz CT molecular complexity index is 72.6. The van der Waals surface area contributed by atoms with Crippen LogP contribution in [0.2, 0.25) is 4.55 Å². The van der Waals surface area contributed by atoms with Gasteiger partial charge in [-0.2, -0.15) is 0 Å². The van der Waals surface area contributed by atoms with Gasteiger partial charge in [0.1, 0.15) is 0 Å². The van der Waals surface area contributed by atoms with Gasteiger partial charge in [0.15, 0.2) is 0 Å². The second-order valence-electron chi connectivity index (χ2n) is 2.05. The highest BCUT2D eigenvalue weighted by atomic mass is 79.9. The molecule has 1 aliphatic rings. The second-order valence-corrected chi connectivity index (χ2v) is 5.38. The summed E-state index contributed by atoms with van der Waals surface area (Å²) in [4.78, 5) is 0. The summed E-state index contributed by atoms with van der Waals surface area (Å²) < 4.78 is 11.8. The largest absolute Gasteiger partial charge is 0.471 e. The molecule has 0 N–H and O–H groups in total. The second kappa shape index (κ2) is 4.90. The third kappa shape index (κ3) is 3.18. The van der Waals surface area contributed by atoms with Crippen LogP contribution in [0, 0.1) is 0 Å². The fraction of sp³-hybridized carbons (Fsp3) is 1.00. The molecular weight excluding hydrogens is 196 g/mol. The third-order valence-corrected chi connectivity index (χ3v) is 3.55. The Morgan fingerprint density at radius 2 is 2.44 bits per heavy atom. The van der Waals surface area contributed by atoms with Gasteiger partial charge in [-0.1, -0.05) is 0 Å². The fourth-order valence-corrected chi connectivity index (χ4v) is 2.93. The van der Waals surface area contributed by atoms with Crippen molar-refractivity contribution < 1.29 is 9.47 Å². The van der Waals surface area contributed by atoms with Gasteiger partial charge in [0, 0.05) is 0 Å². The molecule has 1 atom stereocenters. The molecule has 1 fully saturated rings. The summed E-state index contributed by atoms with van der Waals surface area (Å²) in [5, 5.41) is 0. The van der Waals surface area contributed by atoms with Crippen LogP contribution in [0.4, 0.5) is 0 Å². The molecule has 0 aromatic carbocycles. The van der Waals surface area contributed by atoms with Gasteiger partial charge in [0.05, 0.1) is 25.9 Å². The van der Waals surface area contributed by atoms with Gasteiger partial charge in [-0.3, -0.25) is 0 Å². The topological polar surface area (TPSA) is 18.5 Å². The summed E-state index contributed by atoms with van der Waals surface area (Å²) in [6.07, 6.45) is 0.393. The molecule has 0 aromatic heterocycles. The van der Waals surface area contributed by atoms with Gasteiger partial charge in [0.2, 0.25) is 0 Å². The highest BCUT2D eigenvalue weighted by Crippen LogP contribution is 2.05. The first-order chi connectivity index (χ1) is 4.43. The maximum absolute atomic E-state index is 5.40. The number of halogens is 1. The van der Waals surface area contributed by atoms with Gasteiger partial charge < -0.3 is 22.4 Å². The zero-order chi connectivity index (χ0) is 6.53. The van der Waals surface area contributed by atoms with E-state index in [0.717, 1.165) is 19.8 Å². The minimum atomic E-state index is -0.0234. The van der Waals surface area contributed by atoms with Crippen molar-refractivity contribution in [3.8, 4) is 0 Å². The van der Waals surface area contributed by atoms with E-state index >= 15 is 0 Å². The van der Waals surface area contributed by atoms with Gasteiger partial charge >= 0.3 is 18.2 Å². The minimum absolute atomic E-state index is 0.0234. The summed E-state index contributed by atoms with van der Waals surface area (Å²) in [7, 11) is 0. The van der Waals surface area contributed by atoms with Crippen LogP contribution in [0.25, 0.3) is 0 Å². The first kappa shape index (κ1) is 8.26. The molecule has 4 heteroatoms. The van der Waals surface area contributed by atoms with Crippen molar-refractivity contribution in [3.63, 3.8) is 0 Å². The molecule has 1 saturated heterocycles. The van der Waals surface area contributed by atoms with Crippen molar-refractivity contribution in [3.05, 3.63) is 0 Å². The zero-order valence-electron chi connectivity index (χ0n) is 5.31. The van der Waals surface area contributed by atoms with E-state index in [-0.39, 0.29) is 18.2 Å². The lowest BCUT2D eigenvalue weighted by molar-refractivity contribution is -0.0794. The lowest BCUT2D eigenvalue weighted by Gasteiger charge is -2.22. The van der Waals surface area contributed by atoms with Crippen LogP contribution in [-0.2, 0) is 9.47 Å². The lowest BCUT2D eigenvalue weighted by atomic mass is 10.4. The molecule has 0 spiro atoms. The summed E-state index contributed by atoms with van der Waals surface area (Å²) in [5.41, 5.74) is 0. The quantitative estimate of drug-likeness (QED) is 0.622. The molecule has 9 heavy (non-hydrogen) atoms. The molecule has 0 aromatic rings. The molecule has 0 bridgehead atoms. The van der Waals surface area contributed by atoms with Gasteiger partial charge in [-0.15, -0.1) is 4.55 Å². The average molecular weight is 205 g/mol. The first-order valence-corrected chi connectivity index (χ1v) is 8.08. The molecular formula is C5H9BrMgO2. The SMILES string of the molecule is [Br][Mg][CH2]C1COCCO1. The van der Waals surface area contributed by atoms with E-state index in [1.54, 1.807) is 0 Å². The lowest BCUT2D eigenvalue weighted by Crippen LogP contribution is -2.28. The Hall–Kier alpha value is 1.17. The van der Waals surface area contributed by atoms with Gasteiger partial charge in [-0.25, -0.2) is 0 Å². The predicted molar refractivity (Wildman–Crippen MR) is 40.0 cm³/mol. The predicted octanol–water partition coefficient (Wildman–Crippen LogP) is 0.834. The number of hydrogen-bond acceptors (Lipinski definition) is 2. The van der Waals surface area contributed by atoms with Gasteiger partial charge in [0.25, 0.3) is 0 Å². The minimum Gasteiger partial charge on any atom is -0.376 e. The Balaban J connectivity index is 2.08. The molecule has 0 amide bonds. The molecule has 1 aliphatic heterocycles. The zero-order valence-corrected chi connectivity index (χ0v) is 8.31. The van der Waals surface area contributed by atoms with E-state index < -0.39 is 0 Å². The Labute approximate surface area is 70.9 Å². The first-order valence-electron chi connectivity index (χ1n) is 3.19. The Morgan fingerprint density at radius 1 is 1.56 bits per heavy atom. The van der Waals surface area contributed by atoms with Crippen LogP contribution in [0.15, 0.2) is 0 Å². The van der Waals surface area contributed by atoms with E-state index in [0.29, 0.717) is 6.10 Å². The summed E-state index contributed by atoms with van der Waals surface area (Å²) in [6.45, 7) is 2.37. The highest BCUT2D eigenvalue weighted by Gasteiger charge is 2.13. The Kier molecular flexibility index (Phi) is 4.50. The maximum Gasteiger partial charge on any atom is 0.471 e. The highest BCUT2D eigenvalue weighted by molar-refractivity contribution is 9.23. The van der Waals surface area contributed by atoms with Crippen molar-refractivity contribution >= 4 is 31.1 Å². The van der Waals surface area contributed by atoms with Crippen LogP contribution in [-0.4, -0.2) is 44.1 Å². The van der Waals surface area contributed by atoms with Crippen LogP contribution >= 0.6 is 12.9 Å². The molecule has 2 nitrogen and oxygen atoms in total. The average Bonchev–Trinajstić information content (AvgIpc) is 1.91. The number of rotatable bonds is 2. The fourth-order valence-electron chi connectivity index (χ4n) is 0.825. The number of hydrogen-bond donors (Lipinski definition) is 0. The van der Waals surface area contributed by atoms with E-state index in [1.807, 2.05) is 0 Å². The molecule has 0 aliphatic carbocycles. The molecule has 1 rings (SSSR count). The summed E-state index contributed by atoms with van der Waals surface area (Å²) in [5.74, 6) is 0. The summed E-state index contributed by atoms with van der Waals surface area (Å²) in [6, 6.07) is 0. The normalized spacial score (nSPS) is 27.4. The molecule has 50 valence electrons. The molecule has 1 unspecified atom stereocenters. The van der Waals surface area contributed by atoms with Crippen molar-refractivity contribution in [2.45, 2.75) is 10.7 Å². The van der Waals surface area contributed by atoms with E-state index in [2.05, 4.69) is 12.9 Å². The van der Waals surface area contributed by atoms with Crippen LogP contribution in [0.3, 0.4) is 0 Å². The van der Waals surface area contributed by atoms with Crippen molar-refractivity contribution in [2.75, 3.05) is 19.8 Å². The smallest absolute Gasteiger partial charge is 0.376 e. The van der Waals surface area contributed by atoms with E-state index in [1.165, 1.54) is 4.55 Å². The van der Waals surface area contributed by atoms with Crippen LogP contribution in [0.5, 0.6) is 0 Å². The maximum atomic E-state index is 5.40. The van der Waals surface area contributed by atoms with E-state index in [4.69, 9.17) is 9.47 Å². The number of ether oxygens (including phenoxy) is 2. The van der Waals surface area contributed by atoms with Crippen molar-refractivity contribution in [1.29, 1.82) is 0 Å². The monoisotopic (exact) mass is 204 g/mol. The molecule has 0 saturated carbocycles. The standard InChI is InChI=1S/C5H9O2.BrH.Mg/c1-5-4-6-2-3-7-5;;/h5H,1-4H2;1H;/q;;+1/p-1. The van der Waals surface area contributed by atoms with E-state index in [9.17, 15) is 0 Å². The van der Waals surface area contributed by atoms with Crippen molar-refractivity contribution in [1.82, 2.24) is 0 Å². The van der Waals surface area contributed by atoms with Crippen molar-refractivity contribution in [2.24, 2.45) is 0 Å². The van der Waals surface area contributed by atoms with Crippen LogP contribution < -0.4 is 0 Å².